The molecule has 0 aromatic heterocycles. The highest BCUT2D eigenvalue weighted by molar-refractivity contribution is 5.85. The van der Waals surface area contributed by atoms with Crippen LogP contribution in [0, 0.1) is 0 Å². The predicted molar refractivity (Wildman–Crippen MR) is 64.2 cm³/mol. The molecule has 1 aromatic rings. The van der Waals surface area contributed by atoms with Crippen molar-refractivity contribution >= 4 is 18.4 Å². The molecule has 1 aromatic carbocycles. The second-order valence-electron chi connectivity index (χ2n) is 3.75. The van der Waals surface area contributed by atoms with Gasteiger partial charge in [0.25, 0.3) is 0 Å². The van der Waals surface area contributed by atoms with Crippen LogP contribution >= 0.6 is 12.4 Å². The molecule has 0 spiro atoms. The van der Waals surface area contributed by atoms with Crippen LogP contribution in [0.25, 0.3) is 0 Å². The van der Waals surface area contributed by atoms with Crippen LogP contribution in [0.2, 0.25) is 0 Å². The number of ether oxygens (including phenoxy) is 1. The van der Waals surface area contributed by atoms with Crippen molar-refractivity contribution in [3.8, 4) is 5.75 Å². The minimum Gasteiger partial charge on any atom is -0.497 e. The van der Waals surface area contributed by atoms with Gasteiger partial charge in [-0.2, -0.15) is 0 Å². The maximum atomic E-state index is 10.8. The van der Waals surface area contributed by atoms with E-state index in [1.807, 2.05) is 12.1 Å². The highest BCUT2D eigenvalue weighted by Crippen LogP contribution is 2.15. The Bertz CT molecular complexity index is 349. The highest BCUT2D eigenvalue weighted by atomic mass is 35.5. The van der Waals surface area contributed by atoms with E-state index in [1.165, 1.54) is 6.92 Å². The van der Waals surface area contributed by atoms with Crippen molar-refractivity contribution in [2.45, 2.75) is 18.9 Å². The van der Waals surface area contributed by atoms with Crippen molar-refractivity contribution in [3.05, 3.63) is 29.8 Å². The Balaban J connectivity index is 0.00000225. The van der Waals surface area contributed by atoms with Crippen LogP contribution in [-0.2, 0) is 11.2 Å². The maximum Gasteiger partial charge on any atom is 0.323 e. The van der Waals surface area contributed by atoms with Crippen LogP contribution in [0.3, 0.4) is 0 Å². The summed E-state index contributed by atoms with van der Waals surface area (Å²) in [5.74, 6) is -0.258. The summed E-state index contributed by atoms with van der Waals surface area (Å²) in [4.78, 5) is 10.8. The number of nitrogens with two attached hydrogens (primary N) is 1. The number of carboxylic acid groups (broad SMARTS) is 1. The Labute approximate surface area is 101 Å². The molecule has 0 aliphatic rings. The molecule has 90 valence electrons. The second kappa shape index (κ2) is 5.72. The molecule has 0 saturated heterocycles. The molecule has 1 atom stereocenters. The van der Waals surface area contributed by atoms with Gasteiger partial charge in [0, 0.05) is 6.42 Å². The molecule has 0 fully saturated rings. The first-order chi connectivity index (χ1) is 6.95. The Morgan fingerprint density at radius 3 is 2.31 bits per heavy atom. The van der Waals surface area contributed by atoms with Crippen molar-refractivity contribution in [1.29, 1.82) is 0 Å². The molecule has 3 N–H and O–H groups in total. The van der Waals surface area contributed by atoms with Gasteiger partial charge in [-0.1, -0.05) is 12.1 Å². The molecule has 0 amide bonds. The van der Waals surface area contributed by atoms with E-state index in [0.29, 0.717) is 6.42 Å². The summed E-state index contributed by atoms with van der Waals surface area (Å²) in [5.41, 5.74) is 5.28. The molecule has 0 aliphatic heterocycles. The van der Waals surface area contributed by atoms with Gasteiger partial charge in [0.1, 0.15) is 11.3 Å². The van der Waals surface area contributed by atoms with E-state index < -0.39 is 11.5 Å². The third-order valence-electron chi connectivity index (χ3n) is 2.22. The fourth-order valence-corrected chi connectivity index (χ4v) is 1.24. The van der Waals surface area contributed by atoms with Gasteiger partial charge in [-0.3, -0.25) is 4.79 Å². The smallest absolute Gasteiger partial charge is 0.323 e. The number of hydrogen-bond donors (Lipinski definition) is 2. The lowest BCUT2D eigenvalue weighted by atomic mass is 9.94. The topological polar surface area (TPSA) is 72.5 Å². The normalized spacial score (nSPS) is 13.4. The first kappa shape index (κ1) is 14.7. The average Bonchev–Trinajstić information content (AvgIpc) is 2.18. The summed E-state index contributed by atoms with van der Waals surface area (Å²) in [7, 11) is 1.58. The van der Waals surface area contributed by atoms with Gasteiger partial charge in [-0.15, -0.1) is 12.4 Å². The average molecular weight is 246 g/mol. The van der Waals surface area contributed by atoms with Gasteiger partial charge in [-0.25, -0.2) is 0 Å². The quantitative estimate of drug-likeness (QED) is 0.843. The van der Waals surface area contributed by atoms with Crippen LogP contribution < -0.4 is 10.5 Å². The summed E-state index contributed by atoms with van der Waals surface area (Å²) in [5, 5.41) is 8.85. The summed E-state index contributed by atoms with van der Waals surface area (Å²) in [6, 6.07) is 7.19. The highest BCUT2D eigenvalue weighted by Gasteiger charge is 2.27. The molecule has 0 aliphatic carbocycles. The zero-order valence-corrected chi connectivity index (χ0v) is 10.1. The van der Waals surface area contributed by atoms with Crippen molar-refractivity contribution in [2.75, 3.05) is 7.11 Å². The monoisotopic (exact) mass is 245 g/mol. The Morgan fingerprint density at radius 1 is 1.44 bits per heavy atom. The van der Waals surface area contributed by atoms with Crippen LogP contribution in [-0.4, -0.2) is 23.7 Å². The number of halogens is 1. The van der Waals surface area contributed by atoms with E-state index in [2.05, 4.69) is 0 Å². The summed E-state index contributed by atoms with van der Waals surface area (Å²) in [6.07, 6.45) is 0.298. The number of methoxy groups -OCH3 is 1. The Morgan fingerprint density at radius 2 is 1.94 bits per heavy atom. The number of aliphatic carboxylic acids is 1. The van der Waals surface area contributed by atoms with Gasteiger partial charge in [0.15, 0.2) is 0 Å². The number of benzene rings is 1. The number of carbonyl (C=O) groups is 1. The van der Waals surface area contributed by atoms with Crippen molar-refractivity contribution in [2.24, 2.45) is 5.73 Å². The lowest BCUT2D eigenvalue weighted by molar-refractivity contribution is -0.142. The first-order valence-electron chi connectivity index (χ1n) is 4.61. The molecule has 1 unspecified atom stereocenters. The van der Waals surface area contributed by atoms with Crippen molar-refractivity contribution < 1.29 is 14.6 Å². The minimum atomic E-state index is -1.23. The molecule has 0 radical (unpaired) electrons. The first-order valence-corrected chi connectivity index (χ1v) is 4.61. The lowest BCUT2D eigenvalue weighted by Crippen LogP contribution is -2.46. The SMILES string of the molecule is COc1ccc(CC(C)(N)C(=O)O)cc1.Cl. The van der Waals surface area contributed by atoms with Gasteiger partial charge < -0.3 is 15.6 Å². The third-order valence-corrected chi connectivity index (χ3v) is 2.22. The van der Waals surface area contributed by atoms with Crippen LogP contribution in [0.1, 0.15) is 12.5 Å². The molecular weight excluding hydrogens is 230 g/mol. The summed E-state index contributed by atoms with van der Waals surface area (Å²) >= 11 is 0. The van der Waals surface area contributed by atoms with Gasteiger partial charge in [0.2, 0.25) is 0 Å². The van der Waals surface area contributed by atoms with Gasteiger partial charge in [0.05, 0.1) is 7.11 Å². The maximum absolute atomic E-state index is 10.8. The summed E-state index contributed by atoms with van der Waals surface area (Å²) in [6.45, 7) is 1.50. The van der Waals surface area contributed by atoms with E-state index in [0.717, 1.165) is 11.3 Å². The molecule has 0 heterocycles. The van der Waals surface area contributed by atoms with Crippen LogP contribution in [0.15, 0.2) is 24.3 Å². The van der Waals surface area contributed by atoms with E-state index in [-0.39, 0.29) is 12.4 Å². The number of carboxylic acids is 1. The van der Waals surface area contributed by atoms with E-state index >= 15 is 0 Å². The number of hydrogen-bond acceptors (Lipinski definition) is 3. The van der Waals surface area contributed by atoms with Gasteiger partial charge >= 0.3 is 5.97 Å². The van der Waals surface area contributed by atoms with Gasteiger partial charge in [-0.05, 0) is 24.6 Å². The second-order valence-corrected chi connectivity index (χ2v) is 3.75. The fraction of sp³-hybridized carbons (Fsp3) is 0.364. The number of rotatable bonds is 4. The Hall–Kier alpha value is -1.26. The molecule has 16 heavy (non-hydrogen) atoms. The zero-order valence-electron chi connectivity index (χ0n) is 9.27. The third kappa shape index (κ3) is 3.72. The largest absolute Gasteiger partial charge is 0.497 e. The Kier molecular flexibility index (Phi) is 5.27. The molecule has 5 heteroatoms. The summed E-state index contributed by atoms with van der Waals surface area (Å²) < 4.78 is 5.00. The molecule has 1 rings (SSSR count). The lowest BCUT2D eigenvalue weighted by Gasteiger charge is -2.18. The minimum absolute atomic E-state index is 0. The van der Waals surface area contributed by atoms with E-state index in [1.54, 1.807) is 19.2 Å². The fourth-order valence-electron chi connectivity index (χ4n) is 1.24. The van der Waals surface area contributed by atoms with Crippen molar-refractivity contribution in [1.82, 2.24) is 0 Å². The van der Waals surface area contributed by atoms with Crippen LogP contribution in [0.4, 0.5) is 0 Å². The molecule has 4 nitrogen and oxygen atoms in total. The van der Waals surface area contributed by atoms with E-state index in [9.17, 15) is 4.79 Å². The van der Waals surface area contributed by atoms with Crippen molar-refractivity contribution in [3.63, 3.8) is 0 Å². The standard InChI is InChI=1S/C11H15NO3.ClH/c1-11(12,10(13)14)7-8-3-5-9(15-2)6-4-8;/h3-6H,7,12H2,1-2H3,(H,13,14);1H. The molecule has 0 bridgehead atoms. The molecular formula is C11H16ClNO3. The molecule has 0 saturated carbocycles. The van der Waals surface area contributed by atoms with E-state index in [4.69, 9.17) is 15.6 Å². The zero-order chi connectivity index (χ0) is 11.5. The predicted octanol–water partition coefficient (Wildman–Crippen LogP) is 1.46. The van der Waals surface area contributed by atoms with Crippen LogP contribution in [0.5, 0.6) is 5.75 Å².